The van der Waals surface area contributed by atoms with Gasteiger partial charge >= 0.3 is 0 Å². The molecule has 4 nitrogen and oxygen atoms in total. The van der Waals surface area contributed by atoms with Gasteiger partial charge in [0.05, 0.1) is 5.71 Å². The summed E-state index contributed by atoms with van der Waals surface area (Å²) in [5.41, 5.74) is 1.06. The van der Waals surface area contributed by atoms with Crippen LogP contribution in [0.4, 0.5) is 0 Å². The van der Waals surface area contributed by atoms with E-state index < -0.39 is 0 Å². The largest absolute Gasteiger partial charge is 0.389 e. The van der Waals surface area contributed by atoms with E-state index in [1.54, 1.807) is 6.92 Å². The van der Waals surface area contributed by atoms with Crippen LogP contribution >= 0.6 is 0 Å². The third kappa shape index (κ3) is 2.06. The second kappa shape index (κ2) is 4.07. The van der Waals surface area contributed by atoms with E-state index in [2.05, 4.69) is 19.0 Å². The van der Waals surface area contributed by atoms with Crippen molar-refractivity contribution in [2.24, 2.45) is 11.1 Å². The molecule has 0 bridgehead atoms. The number of nitrogens with zero attached hydrogens (tertiary/aromatic N) is 2. The van der Waals surface area contributed by atoms with Crippen LogP contribution in [0.3, 0.4) is 0 Å². The van der Waals surface area contributed by atoms with Crippen molar-refractivity contribution in [3.05, 3.63) is 0 Å². The highest BCUT2D eigenvalue weighted by Crippen LogP contribution is 2.35. The lowest BCUT2D eigenvalue weighted by molar-refractivity contribution is -0.134. The molecule has 0 aromatic heterocycles. The molecule has 0 aromatic carbocycles. The number of carbonyl (C=O) groups is 1. The van der Waals surface area contributed by atoms with E-state index in [9.17, 15) is 4.79 Å². The number of carbonyl (C=O) groups excluding carboxylic acids is 1. The van der Waals surface area contributed by atoms with E-state index in [1.165, 1.54) is 0 Å². The SMILES string of the molecule is CC(=O)N1CCC2(CC1)CC(C(C)C)=NO2. The summed E-state index contributed by atoms with van der Waals surface area (Å²) in [6, 6.07) is 0. The van der Waals surface area contributed by atoms with E-state index in [-0.39, 0.29) is 11.5 Å². The first-order valence-electron chi connectivity index (χ1n) is 6.03. The van der Waals surface area contributed by atoms with Crippen molar-refractivity contribution < 1.29 is 9.63 Å². The molecule has 1 saturated heterocycles. The Hall–Kier alpha value is -1.06. The van der Waals surface area contributed by atoms with Gasteiger partial charge in [0.25, 0.3) is 0 Å². The molecule has 0 unspecified atom stereocenters. The summed E-state index contributed by atoms with van der Waals surface area (Å²) in [5.74, 6) is 0.628. The van der Waals surface area contributed by atoms with Crippen molar-refractivity contribution in [1.29, 1.82) is 0 Å². The fourth-order valence-corrected chi connectivity index (χ4v) is 2.36. The summed E-state index contributed by atoms with van der Waals surface area (Å²) in [5, 5.41) is 4.20. The highest BCUT2D eigenvalue weighted by atomic mass is 16.7. The van der Waals surface area contributed by atoms with Gasteiger partial charge in [-0.15, -0.1) is 0 Å². The van der Waals surface area contributed by atoms with Gasteiger partial charge in [-0.05, 0) is 5.92 Å². The molecular formula is C12H20N2O2. The predicted molar refractivity (Wildman–Crippen MR) is 62.2 cm³/mol. The van der Waals surface area contributed by atoms with Crippen LogP contribution in [0.1, 0.15) is 40.0 Å². The molecule has 0 aromatic rings. The maximum absolute atomic E-state index is 11.2. The van der Waals surface area contributed by atoms with E-state index in [4.69, 9.17) is 4.84 Å². The number of likely N-dealkylation sites (tertiary alicyclic amines) is 1. The molecule has 0 atom stereocenters. The molecule has 1 amide bonds. The van der Waals surface area contributed by atoms with Crippen LogP contribution < -0.4 is 0 Å². The first-order valence-corrected chi connectivity index (χ1v) is 6.03. The Bertz CT molecular complexity index is 315. The van der Waals surface area contributed by atoms with Gasteiger partial charge in [-0.2, -0.15) is 0 Å². The number of oxime groups is 1. The van der Waals surface area contributed by atoms with Gasteiger partial charge in [0.15, 0.2) is 0 Å². The predicted octanol–water partition coefficient (Wildman–Crippen LogP) is 1.80. The molecule has 0 radical (unpaired) electrons. The normalized spacial score (nSPS) is 23.5. The van der Waals surface area contributed by atoms with Gasteiger partial charge in [0.2, 0.25) is 5.91 Å². The van der Waals surface area contributed by atoms with Crippen LogP contribution in [0.15, 0.2) is 5.16 Å². The van der Waals surface area contributed by atoms with Crippen LogP contribution in [0, 0.1) is 5.92 Å². The highest BCUT2D eigenvalue weighted by molar-refractivity contribution is 5.87. The van der Waals surface area contributed by atoms with Gasteiger partial charge in [-0.3, -0.25) is 4.79 Å². The van der Waals surface area contributed by atoms with Crippen LogP contribution in [0.2, 0.25) is 0 Å². The second-order valence-corrected chi connectivity index (χ2v) is 5.19. The standard InChI is InChI=1S/C12H20N2O2/c1-9(2)11-8-12(16-13-11)4-6-14(7-5-12)10(3)15/h9H,4-8H2,1-3H3. The van der Waals surface area contributed by atoms with Crippen LogP contribution in [0.5, 0.6) is 0 Å². The fraction of sp³-hybridized carbons (Fsp3) is 0.833. The van der Waals surface area contributed by atoms with Gasteiger partial charge in [0, 0.05) is 39.3 Å². The molecule has 1 spiro atoms. The first-order chi connectivity index (χ1) is 7.52. The highest BCUT2D eigenvalue weighted by Gasteiger charge is 2.42. The van der Waals surface area contributed by atoms with Crippen molar-refractivity contribution in [3.63, 3.8) is 0 Å². The minimum absolute atomic E-state index is 0.106. The maximum atomic E-state index is 11.2. The Morgan fingerprint density at radius 3 is 2.50 bits per heavy atom. The monoisotopic (exact) mass is 224 g/mol. The molecule has 16 heavy (non-hydrogen) atoms. The van der Waals surface area contributed by atoms with E-state index in [1.807, 2.05) is 4.90 Å². The number of amides is 1. The molecule has 2 heterocycles. The van der Waals surface area contributed by atoms with E-state index in [0.717, 1.165) is 38.1 Å². The van der Waals surface area contributed by atoms with Gasteiger partial charge in [0.1, 0.15) is 5.60 Å². The average molecular weight is 224 g/mol. The summed E-state index contributed by atoms with van der Waals surface area (Å²) in [4.78, 5) is 18.8. The summed E-state index contributed by atoms with van der Waals surface area (Å²) in [7, 11) is 0. The Kier molecular flexibility index (Phi) is 2.91. The summed E-state index contributed by atoms with van der Waals surface area (Å²) in [6.07, 6.45) is 2.76. The minimum atomic E-state index is -0.106. The Labute approximate surface area is 96.6 Å². The Morgan fingerprint density at radius 2 is 2.06 bits per heavy atom. The van der Waals surface area contributed by atoms with Crippen molar-refractivity contribution in [3.8, 4) is 0 Å². The molecule has 0 saturated carbocycles. The number of piperidine rings is 1. The number of hydrogen-bond donors (Lipinski definition) is 0. The molecule has 4 heteroatoms. The summed E-state index contributed by atoms with van der Waals surface area (Å²) in [6.45, 7) is 7.52. The molecule has 2 rings (SSSR count). The molecule has 90 valence electrons. The van der Waals surface area contributed by atoms with E-state index >= 15 is 0 Å². The molecule has 1 fully saturated rings. The quantitative estimate of drug-likeness (QED) is 0.681. The molecule has 2 aliphatic heterocycles. The second-order valence-electron chi connectivity index (χ2n) is 5.19. The Morgan fingerprint density at radius 1 is 1.44 bits per heavy atom. The summed E-state index contributed by atoms with van der Waals surface area (Å²) >= 11 is 0. The minimum Gasteiger partial charge on any atom is -0.389 e. The zero-order valence-electron chi connectivity index (χ0n) is 10.3. The third-order valence-electron chi connectivity index (χ3n) is 3.65. The average Bonchev–Trinajstić information content (AvgIpc) is 2.63. The van der Waals surface area contributed by atoms with Crippen molar-refractivity contribution in [2.75, 3.05) is 13.1 Å². The van der Waals surface area contributed by atoms with Crippen molar-refractivity contribution in [1.82, 2.24) is 4.90 Å². The smallest absolute Gasteiger partial charge is 0.219 e. The lowest BCUT2D eigenvalue weighted by Gasteiger charge is -2.36. The molecule has 0 N–H and O–H groups in total. The number of rotatable bonds is 1. The Balaban J connectivity index is 1.93. The molecule has 0 aliphatic carbocycles. The molecular weight excluding hydrogens is 204 g/mol. The molecule has 2 aliphatic rings. The van der Waals surface area contributed by atoms with Crippen molar-refractivity contribution in [2.45, 2.75) is 45.6 Å². The first kappa shape index (κ1) is 11.4. The maximum Gasteiger partial charge on any atom is 0.219 e. The topological polar surface area (TPSA) is 41.9 Å². The van der Waals surface area contributed by atoms with Gasteiger partial charge in [-0.25, -0.2) is 0 Å². The lowest BCUT2D eigenvalue weighted by atomic mass is 9.85. The summed E-state index contributed by atoms with van der Waals surface area (Å²) < 4.78 is 0. The zero-order chi connectivity index (χ0) is 11.8. The zero-order valence-corrected chi connectivity index (χ0v) is 10.3. The number of hydrogen-bond acceptors (Lipinski definition) is 3. The van der Waals surface area contributed by atoms with Crippen LogP contribution in [-0.2, 0) is 9.63 Å². The lowest BCUT2D eigenvalue weighted by Crippen LogP contribution is -2.46. The third-order valence-corrected chi connectivity index (χ3v) is 3.65. The van der Waals surface area contributed by atoms with Gasteiger partial charge in [-0.1, -0.05) is 19.0 Å². The van der Waals surface area contributed by atoms with E-state index in [0.29, 0.717) is 5.92 Å². The van der Waals surface area contributed by atoms with Crippen LogP contribution in [-0.4, -0.2) is 35.2 Å². The van der Waals surface area contributed by atoms with Crippen molar-refractivity contribution >= 4 is 11.6 Å². The van der Waals surface area contributed by atoms with Crippen LogP contribution in [0.25, 0.3) is 0 Å². The fourth-order valence-electron chi connectivity index (χ4n) is 2.36. The van der Waals surface area contributed by atoms with Gasteiger partial charge < -0.3 is 9.74 Å².